The Bertz CT molecular complexity index is 379. The fourth-order valence-electron chi connectivity index (χ4n) is 2.17. The standard InChI is InChI=1S/C16H25NO/c1-11(2)9-13-5-7-14(8-6-13)16(18)15(10-17)12(3)4/h5-8,11-12,15H,9-10,17H2,1-4H3. The summed E-state index contributed by atoms with van der Waals surface area (Å²) in [5.74, 6) is 1.03. The first-order chi connectivity index (χ1) is 8.45. The van der Waals surface area contributed by atoms with Gasteiger partial charge in [-0.2, -0.15) is 0 Å². The fourth-order valence-corrected chi connectivity index (χ4v) is 2.17. The summed E-state index contributed by atoms with van der Waals surface area (Å²) < 4.78 is 0. The van der Waals surface area contributed by atoms with Gasteiger partial charge < -0.3 is 5.73 Å². The van der Waals surface area contributed by atoms with E-state index in [0.29, 0.717) is 12.5 Å². The van der Waals surface area contributed by atoms with E-state index in [2.05, 4.69) is 26.0 Å². The zero-order valence-corrected chi connectivity index (χ0v) is 11.9. The number of nitrogens with two attached hydrogens (primary N) is 1. The van der Waals surface area contributed by atoms with Crippen molar-refractivity contribution in [3.8, 4) is 0 Å². The molecular weight excluding hydrogens is 222 g/mol. The van der Waals surface area contributed by atoms with Crippen LogP contribution in [0.3, 0.4) is 0 Å². The minimum Gasteiger partial charge on any atom is -0.330 e. The van der Waals surface area contributed by atoms with Gasteiger partial charge in [0.25, 0.3) is 0 Å². The Hall–Kier alpha value is -1.15. The number of hydrogen-bond acceptors (Lipinski definition) is 2. The third kappa shape index (κ3) is 3.95. The van der Waals surface area contributed by atoms with Gasteiger partial charge in [0.15, 0.2) is 5.78 Å². The fraction of sp³-hybridized carbons (Fsp3) is 0.562. The van der Waals surface area contributed by atoms with Crippen LogP contribution in [0.1, 0.15) is 43.6 Å². The summed E-state index contributed by atoms with van der Waals surface area (Å²) in [5, 5.41) is 0. The van der Waals surface area contributed by atoms with Gasteiger partial charge in [0, 0.05) is 18.0 Å². The number of hydrogen-bond donors (Lipinski definition) is 1. The molecule has 1 unspecified atom stereocenters. The first-order valence-electron chi connectivity index (χ1n) is 6.79. The molecule has 0 aliphatic rings. The highest BCUT2D eigenvalue weighted by Crippen LogP contribution is 2.17. The van der Waals surface area contributed by atoms with E-state index in [9.17, 15) is 4.79 Å². The average Bonchev–Trinajstić information content (AvgIpc) is 2.29. The molecule has 18 heavy (non-hydrogen) atoms. The highest BCUT2D eigenvalue weighted by Gasteiger charge is 2.21. The number of rotatable bonds is 6. The molecule has 2 N–H and O–H groups in total. The second-order valence-electron chi connectivity index (χ2n) is 5.75. The van der Waals surface area contributed by atoms with Crippen LogP contribution in [0.4, 0.5) is 0 Å². The van der Waals surface area contributed by atoms with Crippen molar-refractivity contribution < 1.29 is 4.79 Å². The molecule has 0 amide bonds. The van der Waals surface area contributed by atoms with E-state index in [1.165, 1.54) is 5.56 Å². The van der Waals surface area contributed by atoms with Crippen molar-refractivity contribution >= 4 is 5.78 Å². The Kier molecular flexibility index (Phi) is 5.54. The third-order valence-electron chi connectivity index (χ3n) is 3.28. The molecule has 0 fully saturated rings. The monoisotopic (exact) mass is 247 g/mol. The number of carbonyl (C=O) groups excluding carboxylic acids is 1. The van der Waals surface area contributed by atoms with Crippen molar-refractivity contribution in [2.45, 2.75) is 34.1 Å². The van der Waals surface area contributed by atoms with Crippen molar-refractivity contribution in [1.29, 1.82) is 0 Å². The Morgan fingerprint density at radius 1 is 1.11 bits per heavy atom. The van der Waals surface area contributed by atoms with Gasteiger partial charge in [0.1, 0.15) is 0 Å². The van der Waals surface area contributed by atoms with Gasteiger partial charge in [0.05, 0.1) is 0 Å². The lowest BCUT2D eigenvalue weighted by molar-refractivity contribution is 0.0892. The van der Waals surface area contributed by atoms with Crippen LogP contribution in [0.2, 0.25) is 0 Å². The minimum atomic E-state index is -0.0686. The summed E-state index contributed by atoms with van der Waals surface area (Å²) in [4.78, 5) is 12.3. The van der Waals surface area contributed by atoms with E-state index in [-0.39, 0.29) is 17.6 Å². The van der Waals surface area contributed by atoms with E-state index >= 15 is 0 Å². The van der Waals surface area contributed by atoms with Crippen molar-refractivity contribution in [3.05, 3.63) is 35.4 Å². The summed E-state index contributed by atoms with van der Waals surface area (Å²) in [6, 6.07) is 7.98. The van der Waals surface area contributed by atoms with Crippen LogP contribution in [0.25, 0.3) is 0 Å². The number of carbonyl (C=O) groups is 1. The van der Waals surface area contributed by atoms with Gasteiger partial charge in [-0.1, -0.05) is 52.0 Å². The molecule has 0 saturated heterocycles. The van der Waals surface area contributed by atoms with E-state index in [1.807, 2.05) is 26.0 Å². The first kappa shape index (κ1) is 14.9. The minimum absolute atomic E-state index is 0.0686. The SMILES string of the molecule is CC(C)Cc1ccc(C(=O)C(CN)C(C)C)cc1. The van der Waals surface area contributed by atoms with Crippen molar-refractivity contribution in [2.75, 3.05) is 6.54 Å². The Morgan fingerprint density at radius 2 is 1.67 bits per heavy atom. The molecule has 1 atom stereocenters. The molecule has 1 aromatic rings. The van der Waals surface area contributed by atoms with Crippen molar-refractivity contribution in [3.63, 3.8) is 0 Å². The average molecular weight is 247 g/mol. The second-order valence-corrected chi connectivity index (χ2v) is 5.75. The van der Waals surface area contributed by atoms with Gasteiger partial charge in [-0.15, -0.1) is 0 Å². The van der Waals surface area contributed by atoms with Crippen LogP contribution in [0.5, 0.6) is 0 Å². The van der Waals surface area contributed by atoms with Gasteiger partial charge in [0.2, 0.25) is 0 Å². The molecule has 0 aliphatic heterocycles. The largest absolute Gasteiger partial charge is 0.330 e. The maximum Gasteiger partial charge on any atom is 0.167 e. The molecule has 2 heteroatoms. The number of Topliss-reactive ketones (excluding diaryl/α,β-unsaturated/α-hetero) is 1. The van der Waals surface area contributed by atoms with Crippen LogP contribution < -0.4 is 5.73 Å². The smallest absolute Gasteiger partial charge is 0.167 e. The predicted molar refractivity (Wildman–Crippen MR) is 76.7 cm³/mol. The van der Waals surface area contributed by atoms with Crippen LogP contribution in [0.15, 0.2) is 24.3 Å². The summed E-state index contributed by atoms with van der Waals surface area (Å²) in [7, 11) is 0. The van der Waals surface area contributed by atoms with Crippen LogP contribution in [-0.4, -0.2) is 12.3 Å². The molecule has 1 aromatic carbocycles. The molecular formula is C16H25NO. The Labute approximate surface area is 111 Å². The highest BCUT2D eigenvalue weighted by atomic mass is 16.1. The molecule has 0 saturated carbocycles. The molecule has 0 aliphatic carbocycles. The molecule has 0 aromatic heterocycles. The topological polar surface area (TPSA) is 43.1 Å². The zero-order chi connectivity index (χ0) is 13.7. The number of ketones is 1. The van der Waals surface area contributed by atoms with Crippen molar-refractivity contribution in [1.82, 2.24) is 0 Å². The first-order valence-corrected chi connectivity index (χ1v) is 6.79. The van der Waals surface area contributed by atoms with Gasteiger partial charge in [-0.25, -0.2) is 0 Å². The normalized spacial score (nSPS) is 13.1. The molecule has 1 rings (SSSR count). The highest BCUT2D eigenvalue weighted by molar-refractivity contribution is 5.98. The zero-order valence-electron chi connectivity index (χ0n) is 11.9. The summed E-state index contributed by atoms with van der Waals surface area (Å²) >= 11 is 0. The lowest BCUT2D eigenvalue weighted by atomic mass is 9.87. The second kappa shape index (κ2) is 6.69. The maximum atomic E-state index is 12.3. The van der Waals surface area contributed by atoms with Crippen LogP contribution >= 0.6 is 0 Å². The van der Waals surface area contributed by atoms with Crippen molar-refractivity contribution in [2.24, 2.45) is 23.5 Å². The van der Waals surface area contributed by atoms with E-state index in [4.69, 9.17) is 5.73 Å². The molecule has 0 radical (unpaired) electrons. The lowest BCUT2D eigenvalue weighted by Gasteiger charge is -2.17. The van der Waals surface area contributed by atoms with Gasteiger partial charge in [-0.3, -0.25) is 4.79 Å². The van der Waals surface area contributed by atoms with Crippen LogP contribution in [-0.2, 0) is 6.42 Å². The maximum absolute atomic E-state index is 12.3. The summed E-state index contributed by atoms with van der Waals surface area (Å²) in [6.07, 6.45) is 1.05. The number of benzene rings is 1. The Morgan fingerprint density at radius 3 is 2.06 bits per heavy atom. The summed E-state index contributed by atoms with van der Waals surface area (Å²) in [5.41, 5.74) is 7.76. The van der Waals surface area contributed by atoms with Crippen LogP contribution in [0, 0.1) is 17.8 Å². The lowest BCUT2D eigenvalue weighted by Crippen LogP contribution is -2.28. The van der Waals surface area contributed by atoms with E-state index in [1.54, 1.807) is 0 Å². The molecule has 0 heterocycles. The third-order valence-corrected chi connectivity index (χ3v) is 3.28. The van der Waals surface area contributed by atoms with E-state index < -0.39 is 0 Å². The van der Waals surface area contributed by atoms with Gasteiger partial charge >= 0.3 is 0 Å². The quantitative estimate of drug-likeness (QED) is 0.784. The molecule has 100 valence electrons. The Balaban J connectivity index is 2.81. The molecule has 0 bridgehead atoms. The summed E-state index contributed by atoms with van der Waals surface area (Å²) in [6.45, 7) is 8.90. The molecule has 2 nitrogen and oxygen atoms in total. The predicted octanol–water partition coefficient (Wildman–Crippen LogP) is 3.30. The van der Waals surface area contributed by atoms with Gasteiger partial charge in [-0.05, 0) is 23.8 Å². The molecule has 0 spiro atoms. The van der Waals surface area contributed by atoms with E-state index in [0.717, 1.165) is 12.0 Å².